The first-order valence-electron chi connectivity index (χ1n) is 7.51. The topological polar surface area (TPSA) is 61.8 Å². The summed E-state index contributed by atoms with van der Waals surface area (Å²) in [5.74, 6) is -0.430. The zero-order valence-corrected chi connectivity index (χ0v) is 11.6. The van der Waals surface area contributed by atoms with Crippen LogP contribution in [0.2, 0.25) is 0 Å². The Balaban J connectivity index is 1.62. The minimum atomic E-state index is -0.611. The fourth-order valence-electron chi connectivity index (χ4n) is 3.13. The lowest BCUT2D eigenvalue weighted by molar-refractivity contribution is -0.144. The lowest BCUT2D eigenvalue weighted by Gasteiger charge is -2.30. The Bertz CT molecular complexity index is 280. The smallest absolute Gasteiger partial charge is 0.306 e. The quantitative estimate of drug-likeness (QED) is 0.699. The van der Waals surface area contributed by atoms with Crippen molar-refractivity contribution in [1.29, 1.82) is 0 Å². The van der Waals surface area contributed by atoms with Crippen molar-refractivity contribution in [1.82, 2.24) is 10.2 Å². The number of aliphatic carboxylic acids is 1. The molecule has 110 valence electrons. The summed E-state index contributed by atoms with van der Waals surface area (Å²) in [5.41, 5.74) is 0. The molecular formula is C14H26N2O3. The fourth-order valence-corrected chi connectivity index (χ4v) is 3.13. The third kappa shape index (κ3) is 4.75. The minimum absolute atomic E-state index is 0.135. The Kier molecular flexibility index (Phi) is 6.07. The first kappa shape index (κ1) is 14.8. The molecule has 0 spiro atoms. The third-order valence-corrected chi connectivity index (χ3v) is 4.34. The van der Waals surface area contributed by atoms with Crippen molar-refractivity contribution in [3.63, 3.8) is 0 Å². The summed E-state index contributed by atoms with van der Waals surface area (Å²) in [6, 6.07) is 0. The fraction of sp³-hybridized carbons (Fsp3) is 0.929. The van der Waals surface area contributed by atoms with Gasteiger partial charge < -0.3 is 15.2 Å². The van der Waals surface area contributed by atoms with E-state index in [1.54, 1.807) is 0 Å². The molecular weight excluding hydrogens is 244 g/mol. The van der Waals surface area contributed by atoms with Crippen LogP contribution < -0.4 is 5.32 Å². The number of ether oxygens (including phenoxy) is 1. The van der Waals surface area contributed by atoms with E-state index in [0.29, 0.717) is 5.92 Å². The maximum atomic E-state index is 11.2. The van der Waals surface area contributed by atoms with Gasteiger partial charge in [0, 0.05) is 26.2 Å². The van der Waals surface area contributed by atoms with Crippen LogP contribution in [0.1, 0.15) is 25.7 Å². The second-order valence-electron chi connectivity index (χ2n) is 5.65. The Labute approximate surface area is 115 Å². The van der Waals surface area contributed by atoms with E-state index in [0.717, 1.165) is 65.2 Å². The van der Waals surface area contributed by atoms with Crippen LogP contribution in [0.4, 0.5) is 0 Å². The van der Waals surface area contributed by atoms with E-state index in [2.05, 4.69) is 10.2 Å². The normalized spacial score (nSPS) is 29.3. The molecule has 19 heavy (non-hydrogen) atoms. The van der Waals surface area contributed by atoms with Crippen molar-refractivity contribution < 1.29 is 14.6 Å². The lowest BCUT2D eigenvalue weighted by atomic mass is 9.79. The summed E-state index contributed by atoms with van der Waals surface area (Å²) in [7, 11) is 0. The number of hydrogen-bond acceptors (Lipinski definition) is 4. The van der Waals surface area contributed by atoms with Gasteiger partial charge in [-0.3, -0.25) is 9.69 Å². The van der Waals surface area contributed by atoms with Crippen LogP contribution in [-0.4, -0.2) is 61.9 Å². The molecule has 0 amide bonds. The zero-order valence-electron chi connectivity index (χ0n) is 11.6. The van der Waals surface area contributed by atoms with Crippen LogP contribution in [0.5, 0.6) is 0 Å². The van der Waals surface area contributed by atoms with E-state index in [9.17, 15) is 9.90 Å². The van der Waals surface area contributed by atoms with Crippen molar-refractivity contribution in [2.75, 3.05) is 45.9 Å². The Morgan fingerprint density at radius 3 is 2.74 bits per heavy atom. The summed E-state index contributed by atoms with van der Waals surface area (Å²) < 4.78 is 5.31. The molecule has 1 saturated heterocycles. The van der Waals surface area contributed by atoms with Crippen LogP contribution in [0, 0.1) is 11.8 Å². The van der Waals surface area contributed by atoms with E-state index in [1.165, 1.54) is 6.42 Å². The molecule has 1 aliphatic heterocycles. The van der Waals surface area contributed by atoms with Crippen LogP contribution >= 0.6 is 0 Å². The molecule has 1 aliphatic carbocycles. The molecule has 2 unspecified atom stereocenters. The van der Waals surface area contributed by atoms with Gasteiger partial charge in [-0.2, -0.15) is 0 Å². The Morgan fingerprint density at radius 2 is 2.00 bits per heavy atom. The number of hydrogen-bond donors (Lipinski definition) is 2. The van der Waals surface area contributed by atoms with E-state index in [1.807, 2.05) is 0 Å². The van der Waals surface area contributed by atoms with Gasteiger partial charge >= 0.3 is 5.97 Å². The molecule has 0 aromatic carbocycles. The summed E-state index contributed by atoms with van der Waals surface area (Å²) >= 11 is 0. The summed E-state index contributed by atoms with van der Waals surface area (Å²) in [6.45, 7) is 6.54. The predicted octanol–water partition coefficient (Wildman–Crippen LogP) is 0.799. The average Bonchev–Trinajstić information content (AvgIpc) is 2.45. The maximum Gasteiger partial charge on any atom is 0.306 e. The predicted molar refractivity (Wildman–Crippen MR) is 73.2 cm³/mol. The molecule has 0 radical (unpaired) electrons. The van der Waals surface area contributed by atoms with E-state index in [4.69, 9.17) is 4.74 Å². The zero-order chi connectivity index (χ0) is 13.5. The van der Waals surface area contributed by atoms with Gasteiger partial charge in [0.2, 0.25) is 0 Å². The number of carboxylic acid groups (broad SMARTS) is 1. The molecule has 2 rings (SSSR count). The van der Waals surface area contributed by atoms with Gasteiger partial charge in [0.15, 0.2) is 0 Å². The van der Waals surface area contributed by atoms with Crippen molar-refractivity contribution in [3.05, 3.63) is 0 Å². The highest BCUT2D eigenvalue weighted by atomic mass is 16.5. The third-order valence-electron chi connectivity index (χ3n) is 4.34. The molecule has 2 N–H and O–H groups in total. The molecule has 0 aromatic heterocycles. The summed E-state index contributed by atoms with van der Waals surface area (Å²) in [4.78, 5) is 13.6. The van der Waals surface area contributed by atoms with Gasteiger partial charge in [0.1, 0.15) is 0 Å². The van der Waals surface area contributed by atoms with Crippen LogP contribution in [0.15, 0.2) is 0 Å². The molecule has 0 aromatic rings. The van der Waals surface area contributed by atoms with Gasteiger partial charge in [-0.05, 0) is 25.3 Å². The summed E-state index contributed by atoms with van der Waals surface area (Å²) in [5, 5.41) is 12.7. The number of carboxylic acids is 1. The standard InChI is InChI=1S/C14H26N2O3/c17-14(18)13-4-2-1-3-12(13)11-15-5-6-16-7-9-19-10-8-16/h12-13,15H,1-11H2,(H,17,18). The highest BCUT2D eigenvalue weighted by Gasteiger charge is 2.30. The molecule has 5 heteroatoms. The van der Waals surface area contributed by atoms with Gasteiger partial charge in [0.25, 0.3) is 0 Å². The highest BCUT2D eigenvalue weighted by molar-refractivity contribution is 5.70. The van der Waals surface area contributed by atoms with Crippen molar-refractivity contribution in [2.45, 2.75) is 25.7 Å². The van der Waals surface area contributed by atoms with E-state index in [-0.39, 0.29) is 5.92 Å². The Morgan fingerprint density at radius 1 is 1.26 bits per heavy atom. The average molecular weight is 270 g/mol. The SMILES string of the molecule is O=C(O)C1CCCCC1CNCCN1CCOCC1. The maximum absolute atomic E-state index is 11.2. The minimum Gasteiger partial charge on any atom is -0.481 e. The van der Waals surface area contributed by atoms with Gasteiger partial charge in [-0.1, -0.05) is 12.8 Å². The van der Waals surface area contributed by atoms with Gasteiger partial charge in [-0.15, -0.1) is 0 Å². The molecule has 2 atom stereocenters. The second-order valence-corrected chi connectivity index (χ2v) is 5.65. The number of nitrogens with one attached hydrogen (secondary N) is 1. The number of carbonyl (C=O) groups is 1. The van der Waals surface area contributed by atoms with Crippen molar-refractivity contribution in [3.8, 4) is 0 Å². The van der Waals surface area contributed by atoms with Crippen LogP contribution in [0.3, 0.4) is 0 Å². The van der Waals surface area contributed by atoms with E-state index >= 15 is 0 Å². The van der Waals surface area contributed by atoms with Crippen molar-refractivity contribution in [2.24, 2.45) is 11.8 Å². The monoisotopic (exact) mass is 270 g/mol. The molecule has 2 fully saturated rings. The highest BCUT2D eigenvalue weighted by Crippen LogP contribution is 2.29. The molecule has 2 aliphatic rings. The van der Waals surface area contributed by atoms with Crippen molar-refractivity contribution >= 4 is 5.97 Å². The number of nitrogens with zero attached hydrogens (tertiary/aromatic N) is 1. The molecule has 1 heterocycles. The molecule has 1 saturated carbocycles. The second kappa shape index (κ2) is 7.82. The van der Waals surface area contributed by atoms with Crippen LogP contribution in [0.25, 0.3) is 0 Å². The lowest BCUT2D eigenvalue weighted by Crippen LogP contribution is -2.42. The molecule has 0 bridgehead atoms. The summed E-state index contributed by atoms with van der Waals surface area (Å²) in [6.07, 6.45) is 4.16. The van der Waals surface area contributed by atoms with Gasteiger partial charge in [-0.25, -0.2) is 0 Å². The van der Waals surface area contributed by atoms with Gasteiger partial charge in [0.05, 0.1) is 19.1 Å². The first-order chi connectivity index (χ1) is 9.27. The first-order valence-corrected chi connectivity index (χ1v) is 7.51. The number of morpholine rings is 1. The van der Waals surface area contributed by atoms with Crippen LogP contribution in [-0.2, 0) is 9.53 Å². The largest absolute Gasteiger partial charge is 0.481 e. The Hall–Kier alpha value is -0.650. The van der Waals surface area contributed by atoms with E-state index < -0.39 is 5.97 Å². The molecule has 5 nitrogen and oxygen atoms in total. The number of rotatable bonds is 6.